The van der Waals surface area contributed by atoms with E-state index in [1.807, 2.05) is 48.7 Å². The molecule has 4 rings (SSSR count). The van der Waals surface area contributed by atoms with Crippen LogP contribution in [0.5, 0.6) is 5.75 Å². The van der Waals surface area contributed by atoms with E-state index in [0.717, 1.165) is 49.4 Å². The lowest BCUT2D eigenvalue weighted by Crippen LogP contribution is -2.35. The van der Waals surface area contributed by atoms with Crippen LogP contribution in [-0.4, -0.2) is 39.8 Å². The van der Waals surface area contributed by atoms with Crippen LogP contribution < -0.4 is 10.5 Å². The number of rotatable bonds is 7. The third kappa shape index (κ3) is 4.34. The Morgan fingerprint density at radius 1 is 1.18 bits per heavy atom. The number of para-hydroxylation sites is 1. The molecule has 28 heavy (non-hydrogen) atoms. The molecule has 2 aromatic heterocycles. The second-order valence-corrected chi connectivity index (χ2v) is 7.23. The molecule has 1 fully saturated rings. The Hall–Kier alpha value is -2.86. The second-order valence-electron chi connectivity index (χ2n) is 7.23. The number of pyridine rings is 1. The SMILES string of the molecule is Nc1cc(-c2cn[nH]c2C2CCCCN2CCCOc2ccccc2)ccn1. The summed E-state index contributed by atoms with van der Waals surface area (Å²) in [5.74, 6) is 1.46. The highest BCUT2D eigenvalue weighted by Crippen LogP contribution is 2.35. The molecule has 6 nitrogen and oxygen atoms in total. The molecule has 1 aliphatic rings. The summed E-state index contributed by atoms with van der Waals surface area (Å²) < 4.78 is 5.86. The van der Waals surface area contributed by atoms with E-state index < -0.39 is 0 Å². The summed E-state index contributed by atoms with van der Waals surface area (Å²) in [6.45, 7) is 2.84. The van der Waals surface area contributed by atoms with Crippen LogP contribution in [0.3, 0.4) is 0 Å². The third-order valence-corrected chi connectivity index (χ3v) is 5.31. The summed E-state index contributed by atoms with van der Waals surface area (Å²) in [5, 5.41) is 7.59. The highest BCUT2D eigenvalue weighted by atomic mass is 16.5. The number of aromatic nitrogens is 3. The zero-order valence-corrected chi connectivity index (χ0v) is 16.1. The van der Waals surface area contributed by atoms with Gasteiger partial charge in [-0.2, -0.15) is 5.10 Å². The van der Waals surface area contributed by atoms with Crippen LogP contribution >= 0.6 is 0 Å². The summed E-state index contributed by atoms with van der Waals surface area (Å²) in [5.41, 5.74) is 9.24. The van der Waals surface area contributed by atoms with Crippen molar-refractivity contribution in [1.29, 1.82) is 0 Å². The van der Waals surface area contributed by atoms with Crippen molar-refractivity contribution < 1.29 is 4.74 Å². The van der Waals surface area contributed by atoms with Crippen LogP contribution in [0.4, 0.5) is 5.82 Å². The van der Waals surface area contributed by atoms with Gasteiger partial charge in [0.25, 0.3) is 0 Å². The van der Waals surface area contributed by atoms with E-state index in [2.05, 4.69) is 20.1 Å². The summed E-state index contributed by atoms with van der Waals surface area (Å²) in [6.07, 6.45) is 8.25. The first-order chi connectivity index (χ1) is 13.8. The molecule has 1 aliphatic heterocycles. The standard InChI is InChI=1S/C22H27N5O/c23-21-15-17(10-11-24-21)19-16-25-26-22(19)20-9-4-5-12-27(20)13-6-14-28-18-7-2-1-3-8-18/h1-3,7-8,10-11,15-16,20H,4-6,9,12-14H2,(H2,23,24)(H,25,26). The molecule has 1 unspecified atom stereocenters. The summed E-state index contributed by atoms with van der Waals surface area (Å²) in [4.78, 5) is 6.66. The number of anilines is 1. The first kappa shape index (κ1) is 18.5. The van der Waals surface area contributed by atoms with Gasteiger partial charge >= 0.3 is 0 Å². The van der Waals surface area contributed by atoms with Gasteiger partial charge in [-0.05, 0) is 55.6 Å². The molecule has 1 saturated heterocycles. The van der Waals surface area contributed by atoms with Crippen molar-refractivity contribution in [2.75, 3.05) is 25.4 Å². The van der Waals surface area contributed by atoms with E-state index in [1.54, 1.807) is 6.20 Å². The number of hydrogen-bond acceptors (Lipinski definition) is 5. The quantitative estimate of drug-likeness (QED) is 0.607. The lowest BCUT2D eigenvalue weighted by Gasteiger charge is -2.35. The third-order valence-electron chi connectivity index (χ3n) is 5.31. The van der Waals surface area contributed by atoms with Gasteiger partial charge in [-0.25, -0.2) is 4.98 Å². The Bertz CT molecular complexity index is 879. The molecular formula is C22H27N5O. The van der Waals surface area contributed by atoms with Crippen LogP contribution in [0, 0.1) is 0 Å². The zero-order valence-electron chi connectivity index (χ0n) is 16.1. The maximum absolute atomic E-state index is 5.88. The van der Waals surface area contributed by atoms with Gasteiger partial charge in [0.15, 0.2) is 0 Å². The van der Waals surface area contributed by atoms with Crippen molar-refractivity contribution in [3.8, 4) is 16.9 Å². The van der Waals surface area contributed by atoms with Crippen LogP contribution in [0.25, 0.3) is 11.1 Å². The van der Waals surface area contributed by atoms with Crippen molar-refractivity contribution in [3.63, 3.8) is 0 Å². The number of piperidine rings is 1. The van der Waals surface area contributed by atoms with Crippen LogP contribution in [-0.2, 0) is 0 Å². The average molecular weight is 377 g/mol. The number of benzene rings is 1. The largest absolute Gasteiger partial charge is 0.494 e. The van der Waals surface area contributed by atoms with E-state index >= 15 is 0 Å². The summed E-state index contributed by atoms with van der Waals surface area (Å²) in [7, 11) is 0. The minimum atomic E-state index is 0.345. The molecule has 3 heterocycles. The molecule has 0 aliphatic carbocycles. The molecule has 3 aromatic rings. The summed E-state index contributed by atoms with van der Waals surface area (Å²) >= 11 is 0. The Kier molecular flexibility index (Phi) is 5.87. The van der Waals surface area contributed by atoms with Crippen molar-refractivity contribution in [2.24, 2.45) is 0 Å². The first-order valence-electron chi connectivity index (χ1n) is 9.98. The highest BCUT2D eigenvalue weighted by molar-refractivity contribution is 5.67. The molecule has 0 spiro atoms. The molecule has 3 N–H and O–H groups in total. The van der Waals surface area contributed by atoms with E-state index in [1.165, 1.54) is 18.5 Å². The zero-order chi connectivity index (χ0) is 19.2. The highest BCUT2D eigenvalue weighted by Gasteiger charge is 2.27. The van der Waals surface area contributed by atoms with Gasteiger partial charge in [-0.1, -0.05) is 24.6 Å². The van der Waals surface area contributed by atoms with Crippen molar-refractivity contribution in [1.82, 2.24) is 20.1 Å². The minimum absolute atomic E-state index is 0.345. The molecular weight excluding hydrogens is 350 g/mol. The number of nitrogens with zero attached hydrogens (tertiary/aromatic N) is 3. The van der Waals surface area contributed by atoms with Crippen molar-refractivity contribution in [3.05, 3.63) is 60.6 Å². The minimum Gasteiger partial charge on any atom is -0.494 e. The average Bonchev–Trinajstić information content (AvgIpc) is 3.22. The number of nitrogens with two attached hydrogens (primary N) is 1. The lowest BCUT2D eigenvalue weighted by molar-refractivity contribution is 0.135. The Balaban J connectivity index is 1.42. The second kappa shape index (κ2) is 8.89. The predicted octanol–water partition coefficient (Wildman–Crippen LogP) is 4.05. The number of hydrogen-bond donors (Lipinski definition) is 2. The Morgan fingerprint density at radius 3 is 2.93 bits per heavy atom. The fourth-order valence-electron chi connectivity index (χ4n) is 3.96. The number of aromatic amines is 1. The number of nitrogens with one attached hydrogen (secondary N) is 1. The van der Waals surface area contributed by atoms with Gasteiger partial charge in [-0.3, -0.25) is 10.00 Å². The molecule has 1 atom stereocenters. The molecule has 1 aromatic carbocycles. The number of likely N-dealkylation sites (tertiary alicyclic amines) is 1. The van der Waals surface area contributed by atoms with E-state index in [9.17, 15) is 0 Å². The van der Waals surface area contributed by atoms with Gasteiger partial charge < -0.3 is 10.5 Å². The monoisotopic (exact) mass is 377 g/mol. The predicted molar refractivity (Wildman–Crippen MR) is 111 cm³/mol. The maximum atomic E-state index is 5.88. The van der Waals surface area contributed by atoms with E-state index in [4.69, 9.17) is 10.5 Å². The Labute approximate surface area is 165 Å². The molecule has 146 valence electrons. The number of H-pyrrole nitrogens is 1. The summed E-state index contributed by atoms with van der Waals surface area (Å²) in [6, 6.07) is 14.3. The van der Waals surface area contributed by atoms with Gasteiger partial charge in [-0.15, -0.1) is 0 Å². The van der Waals surface area contributed by atoms with Gasteiger partial charge in [0.1, 0.15) is 11.6 Å². The van der Waals surface area contributed by atoms with Crippen molar-refractivity contribution in [2.45, 2.75) is 31.7 Å². The number of ether oxygens (including phenoxy) is 1. The molecule has 0 bridgehead atoms. The van der Waals surface area contributed by atoms with Gasteiger partial charge in [0.05, 0.1) is 24.5 Å². The smallest absolute Gasteiger partial charge is 0.123 e. The molecule has 0 saturated carbocycles. The normalized spacial score (nSPS) is 17.5. The van der Waals surface area contributed by atoms with Crippen LogP contribution in [0.15, 0.2) is 54.9 Å². The topological polar surface area (TPSA) is 80.1 Å². The van der Waals surface area contributed by atoms with Gasteiger partial charge in [0, 0.05) is 18.3 Å². The van der Waals surface area contributed by atoms with Gasteiger partial charge in [0.2, 0.25) is 0 Å². The van der Waals surface area contributed by atoms with Crippen LogP contribution in [0.1, 0.15) is 37.4 Å². The maximum Gasteiger partial charge on any atom is 0.123 e. The Morgan fingerprint density at radius 2 is 2.07 bits per heavy atom. The lowest BCUT2D eigenvalue weighted by atomic mass is 9.94. The van der Waals surface area contributed by atoms with Crippen molar-refractivity contribution >= 4 is 5.82 Å². The molecule has 6 heteroatoms. The molecule has 0 amide bonds. The van der Waals surface area contributed by atoms with E-state index in [-0.39, 0.29) is 0 Å². The van der Waals surface area contributed by atoms with Crippen LogP contribution in [0.2, 0.25) is 0 Å². The molecule has 0 radical (unpaired) electrons. The first-order valence-corrected chi connectivity index (χ1v) is 9.98. The fourth-order valence-corrected chi connectivity index (χ4v) is 3.96. The van der Waals surface area contributed by atoms with E-state index in [0.29, 0.717) is 11.9 Å². The number of nitrogen functional groups attached to an aromatic ring is 1. The fraction of sp³-hybridized carbons (Fsp3) is 0.364.